The van der Waals surface area contributed by atoms with Gasteiger partial charge in [0.1, 0.15) is 6.54 Å². The first-order chi connectivity index (χ1) is 6.90. The molecule has 0 radical (unpaired) electrons. The molecule has 2 N–H and O–H groups in total. The molecule has 84 valence electrons. The van der Waals surface area contributed by atoms with Crippen LogP contribution in [0.5, 0.6) is 0 Å². The molecule has 1 aliphatic rings. The summed E-state index contributed by atoms with van der Waals surface area (Å²) >= 11 is 0. The lowest BCUT2D eigenvalue weighted by Crippen LogP contribution is -2.40. The Morgan fingerprint density at radius 2 is 2.13 bits per heavy atom. The van der Waals surface area contributed by atoms with Crippen LogP contribution < -0.4 is 5.53 Å². The quantitative estimate of drug-likeness (QED) is 0.527. The molecular formula is C5H13N7O2P+. The summed E-state index contributed by atoms with van der Waals surface area (Å²) in [7, 11) is 3.49. The average molecular weight is 234 g/mol. The molecule has 0 aromatic rings. The number of likely N-dealkylation sites (N-methyl/N-ethyl adjacent to an activating group) is 1. The molecule has 0 saturated heterocycles. The van der Waals surface area contributed by atoms with Crippen LogP contribution in [-0.2, 0) is 4.79 Å². The monoisotopic (exact) mass is 234 g/mol. The number of nitrogens with one attached hydrogen (secondary N) is 1. The maximum absolute atomic E-state index is 11.6. The van der Waals surface area contributed by atoms with Gasteiger partial charge in [0.25, 0.3) is 13.8 Å². The van der Waals surface area contributed by atoms with Gasteiger partial charge in [-0.15, -0.1) is 4.89 Å². The van der Waals surface area contributed by atoms with Gasteiger partial charge < -0.3 is 9.38 Å². The number of carbonyl (C=O) groups is 1. The average Bonchev–Trinajstić information content (AvgIpc) is 2.15. The van der Waals surface area contributed by atoms with Crippen molar-refractivity contribution in [3.05, 3.63) is 0 Å². The molecule has 1 aliphatic heterocycles. The summed E-state index contributed by atoms with van der Waals surface area (Å²) in [5, 5.41) is 13.1. The van der Waals surface area contributed by atoms with E-state index in [1.54, 1.807) is 0 Å². The Kier molecular flexibility index (Phi) is 3.61. The predicted octanol–water partition coefficient (Wildman–Crippen LogP) is -0.00700. The summed E-state index contributed by atoms with van der Waals surface area (Å²) in [6.07, 6.45) is 0. The largest absolute Gasteiger partial charge is 0.347 e. The molecule has 0 bridgehead atoms. The summed E-state index contributed by atoms with van der Waals surface area (Å²) in [5.74, 6) is 0. The van der Waals surface area contributed by atoms with Crippen LogP contribution in [0, 0.1) is 0 Å². The van der Waals surface area contributed by atoms with E-state index in [0.29, 0.717) is 4.48 Å². The Hall–Kier alpha value is -1.18. The van der Waals surface area contributed by atoms with Crippen LogP contribution in [0.4, 0.5) is 0 Å². The number of rotatable bonds is 4. The molecule has 0 amide bonds. The van der Waals surface area contributed by atoms with Crippen molar-refractivity contribution in [1.29, 1.82) is 0 Å². The second-order valence-corrected chi connectivity index (χ2v) is 5.35. The zero-order valence-electron chi connectivity index (χ0n) is 8.69. The molecule has 1 heterocycles. The summed E-state index contributed by atoms with van der Waals surface area (Å²) in [6, 6.07) is 0. The van der Waals surface area contributed by atoms with E-state index in [2.05, 4.69) is 26.4 Å². The third kappa shape index (κ3) is 3.82. The minimum atomic E-state index is -2.07. The maximum atomic E-state index is 11.6. The Morgan fingerprint density at radius 3 is 2.60 bits per heavy atom. The minimum Gasteiger partial charge on any atom is -0.347 e. The lowest BCUT2D eigenvalue weighted by Gasteiger charge is -2.25. The Morgan fingerprint density at radius 1 is 1.47 bits per heavy atom. The SMILES string of the molecule is C[N+](C)(C)CC(=O)P(O)N1N=NN=NN1. The molecule has 0 aliphatic carbocycles. The van der Waals surface area contributed by atoms with Gasteiger partial charge in [-0.3, -0.25) is 4.79 Å². The van der Waals surface area contributed by atoms with Crippen molar-refractivity contribution in [1.82, 2.24) is 10.4 Å². The van der Waals surface area contributed by atoms with Gasteiger partial charge in [-0.2, -0.15) is 5.53 Å². The van der Waals surface area contributed by atoms with Crippen molar-refractivity contribution in [2.24, 2.45) is 20.9 Å². The second-order valence-electron chi connectivity index (χ2n) is 3.89. The Labute approximate surface area is 87.8 Å². The van der Waals surface area contributed by atoms with Crippen LogP contribution in [0.15, 0.2) is 20.9 Å². The van der Waals surface area contributed by atoms with Crippen molar-refractivity contribution in [2.45, 2.75) is 0 Å². The van der Waals surface area contributed by atoms with E-state index in [-0.39, 0.29) is 12.1 Å². The van der Waals surface area contributed by atoms with Crippen LogP contribution in [-0.4, -0.2) is 47.5 Å². The smallest absolute Gasteiger partial charge is 0.260 e. The minimum absolute atomic E-state index is 0.201. The van der Waals surface area contributed by atoms with E-state index in [1.165, 1.54) is 0 Å². The molecule has 10 heteroatoms. The molecule has 0 saturated carbocycles. The van der Waals surface area contributed by atoms with E-state index in [4.69, 9.17) is 0 Å². The highest BCUT2D eigenvalue weighted by Gasteiger charge is 2.29. The van der Waals surface area contributed by atoms with Gasteiger partial charge in [0.05, 0.1) is 21.1 Å². The van der Waals surface area contributed by atoms with Crippen LogP contribution in [0.25, 0.3) is 0 Å². The third-order valence-electron chi connectivity index (χ3n) is 1.36. The first kappa shape index (κ1) is 11.9. The Bertz CT molecular complexity index is 298. The first-order valence-electron chi connectivity index (χ1n) is 4.09. The molecule has 0 fully saturated rings. The van der Waals surface area contributed by atoms with Crippen molar-refractivity contribution >= 4 is 13.8 Å². The number of carbonyl (C=O) groups excluding carboxylic acids is 1. The summed E-state index contributed by atoms with van der Waals surface area (Å²) < 4.78 is 0.435. The summed E-state index contributed by atoms with van der Waals surface area (Å²) in [4.78, 5) is 22.1. The topological polar surface area (TPSA) is 102 Å². The third-order valence-corrected chi connectivity index (χ3v) is 2.47. The predicted molar refractivity (Wildman–Crippen MR) is 51.7 cm³/mol. The van der Waals surface area contributed by atoms with Crippen LogP contribution in [0.3, 0.4) is 0 Å². The lowest BCUT2D eigenvalue weighted by atomic mass is 10.5. The number of hydrazine groups is 1. The van der Waals surface area contributed by atoms with Gasteiger partial charge in [-0.25, -0.2) is 0 Å². The molecule has 1 atom stereocenters. The number of hydrogen-bond acceptors (Lipinski definition) is 8. The molecular weight excluding hydrogens is 221 g/mol. The van der Waals surface area contributed by atoms with Crippen LogP contribution >= 0.6 is 8.30 Å². The van der Waals surface area contributed by atoms with E-state index < -0.39 is 8.30 Å². The van der Waals surface area contributed by atoms with Gasteiger partial charge in [0.15, 0.2) is 0 Å². The summed E-state index contributed by atoms with van der Waals surface area (Å²) in [6.45, 7) is 0.201. The molecule has 9 nitrogen and oxygen atoms in total. The van der Waals surface area contributed by atoms with Crippen molar-refractivity contribution in [2.75, 3.05) is 27.7 Å². The van der Waals surface area contributed by atoms with Crippen molar-refractivity contribution in [3.63, 3.8) is 0 Å². The summed E-state index contributed by atoms with van der Waals surface area (Å²) in [5.41, 5.74) is 1.95. The van der Waals surface area contributed by atoms with Gasteiger partial charge in [0.2, 0.25) is 0 Å². The molecule has 1 rings (SSSR count). The van der Waals surface area contributed by atoms with Crippen molar-refractivity contribution < 1.29 is 14.2 Å². The Balaban J connectivity index is 2.53. The zero-order chi connectivity index (χ0) is 11.5. The zero-order valence-corrected chi connectivity index (χ0v) is 9.59. The number of hydrogen-bond donors (Lipinski definition) is 2. The molecule has 0 spiro atoms. The van der Waals surface area contributed by atoms with E-state index in [1.807, 2.05) is 21.1 Å². The van der Waals surface area contributed by atoms with Gasteiger partial charge in [-0.05, 0) is 20.9 Å². The van der Waals surface area contributed by atoms with Gasteiger partial charge >= 0.3 is 0 Å². The van der Waals surface area contributed by atoms with Crippen LogP contribution in [0.1, 0.15) is 0 Å². The maximum Gasteiger partial charge on any atom is 0.260 e. The van der Waals surface area contributed by atoms with E-state index in [0.717, 1.165) is 4.89 Å². The fourth-order valence-corrected chi connectivity index (χ4v) is 1.81. The first-order valence-corrected chi connectivity index (χ1v) is 5.33. The van der Waals surface area contributed by atoms with E-state index >= 15 is 0 Å². The molecule has 1 unspecified atom stereocenters. The fourth-order valence-electron chi connectivity index (χ4n) is 0.811. The standard InChI is InChI=1S/C5H13N7O2P/c1-12(2,3)4-5(13)15(14)11-9-7-6-8-10-11/h14H,4H2,1-3H3,(H,6,9,10)/q+1. The van der Waals surface area contributed by atoms with Gasteiger partial charge in [-0.1, -0.05) is 0 Å². The normalized spacial score (nSPS) is 17.5. The fraction of sp³-hybridized carbons (Fsp3) is 0.800. The number of nitrogens with zero attached hydrogens (tertiary/aromatic N) is 6. The highest BCUT2D eigenvalue weighted by molar-refractivity contribution is 7.67. The van der Waals surface area contributed by atoms with Crippen LogP contribution in [0.2, 0.25) is 0 Å². The lowest BCUT2D eigenvalue weighted by molar-refractivity contribution is -0.861. The van der Waals surface area contributed by atoms with E-state index in [9.17, 15) is 9.69 Å². The number of quaternary nitrogens is 1. The van der Waals surface area contributed by atoms with Gasteiger partial charge in [0, 0.05) is 0 Å². The molecule has 0 aromatic heterocycles. The second kappa shape index (κ2) is 4.56. The van der Waals surface area contributed by atoms with Crippen molar-refractivity contribution in [3.8, 4) is 0 Å². The highest BCUT2D eigenvalue weighted by Crippen LogP contribution is 2.36. The highest BCUT2D eigenvalue weighted by atomic mass is 31.2. The molecule has 0 aromatic carbocycles. The molecule has 15 heavy (non-hydrogen) atoms.